The van der Waals surface area contributed by atoms with E-state index in [0.29, 0.717) is 0 Å². The van der Waals surface area contributed by atoms with Crippen LogP contribution in [0.1, 0.15) is 34.6 Å². The lowest BCUT2D eigenvalue weighted by atomic mass is 9.96. The molecule has 4 aromatic carbocycles. The van der Waals surface area contributed by atoms with E-state index in [1.807, 2.05) is 36.4 Å². The van der Waals surface area contributed by atoms with Crippen molar-refractivity contribution in [2.24, 2.45) is 7.05 Å². The van der Waals surface area contributed by atoms with Crippen LogP contribution in [0.4, 0.5) is 0 Å². The molecule has 1 aromatic heterocycles. The summed E-state index contributed by atoms with van der Waals surface area (Å²) in [4.78, 5) is 25.6. The van der Waals surface area contributed by atoms with E-state index in [4.69, 9.17) is 9.47 Å². The lowest BCUT2D eigenvalue weighted by Gasteiger charge is -2.11. The highest BCUT2D eigenvalue weighted by molar-refractivity contribution is 6.14. The van der Waals surface area contributed by atoms with Crippen LogP contribution >= 0.6 is 0 Å². The third-order valence-corrected chi connectivity index (χ3v) is 6.38. The number of carbonyl (C=O) groups excluding carboxylic acids is 2. The number of esters is 2. The minimum Gasteiger partial charge on any atom is -0.462 e. The van der Waals surface area contributed by atoms with Crippen molar-refractivity contribution < 1.29 is 19.1 Å². The van der Waals surface area contributed by atoms with Gasteiger partial charge in [-0.1, -0.05) is 60.7 Å². The molecule has 0 aliphatic rings. The molecule has 180 valence electrons. The average molecular weight is 478 g/mol. The monoisotopic (exact) mass is 477 g/mol. The number of fused-ring (bicyclic) bond motifs is 2. The maximum Gasteiger partial charge on any atom is 0.339 e. The number of ether oxygens (including phenoxy) is 2. The highest BCUT2D eigenvalue weighted by Gasteiger charge is 2.23. The van der Waals surface area contributed by atoms with Gasteiger partial charge in [-0.2, -0.15) is 0 Å². The summed E-state index contributed by atoms with van der Waals surface area (Å²) >= 11 is 0. The van der Waals surface area contributed by atoms with Crippen molar-refractivity contribution in [3.05, 3.63) is 96.1 Å². The Kier molecular flexibility index (Phi) is 6.30. The first-order valence-electron chi connectivity index (χ1n) is 12.1. The van der Waals surface area contributed by atoms with Gasteiger partial charge < -0.3 is 14.0 Å². The lowest BCUT2D eigenvalue weighted by molar-refractivity contribution is 0.0479. The molecule has 0 aliphatic carbocycles. The molecule has 0 radical (unpaired) electrons. The van der Waals surface area contributed by atoms with Crippen molar-refractivity contribution in [2.45, 2.75) is 13.8 Å². The number of nitrogens with zero attached hydrogens (tertiary/aromatic N) is 1. The van der Waals surface area contributed by atoms with E-state index in [-0.39, 0.29) is 24.3 Å². The fourth-order valence-electron chi connectivity index (χ4n) is 4.86. The summed E-state index contributed by atoms with van der Waals surface area (Å²) in [6.07, 6.45) is 0. The van der Waals surface area contributed by atoms with Crippen molar-refractivity contribution in [3.63, 3.8) is 0 Å². The normalized spacial score (nSPS) is 11.1. The fourth-order valence-corrected chi connectivity index (χ4v) is 4.86. The Morgan fingerprint density at radius 1 is 0.639 bits per heavy atom. The van der Waals surface area contributed by atoms with E-state index >= 15 is 0 Å². The van der Waals surface area contributed by atoms with Gasteiger partial charge in [0.25, 0.3) is 0 Å². The van der Waals surface area contributed by atoms with Crippen molar-refractivity contribution in [1.82, 2.24) is 4.57 Å². The second-order valence-electron chi connectivity index (χ2n) is 8.57. The third-order valence-electron chi connectivity index (χ3n) is 6.38. The van der Waals surface area contributed by atoms with Gasteiger partial charge in [0.2, 0.25) is 0 Å². The predicted molar refractivity (Wildman–Crippen MR) is 143 cm³/mol. The summed E-state index contributed by atoms with van der Waals surface area (Å²) in [6.45, 7) is 3.92. The molecule has 5 aromatic rings. The van der Waals surface area contributed by atoms with Gasteiger partial charge in [0.15, 0.2) is 0 Å². The standard InChI is InChI=1S/C31H27NO4/c1-4-35-30(33)26-18-22-16-24-25(17-23(22)19-27(26)31(34)36-5-2)29(21-14-10-7-11-15-21)32(3)28(24)20-12-8-6-9-13-20/h6-19H,4-5H2,1-3H3. The molecule has 5 heteroatoms. The lowest BCUT2D eigenvalue weighted by Crippen LogP contribution is -2.14. The van der Waals surface area contributed by atoms with Crippen LogP contribution in [0.3, 0.4) is 0 Å². The van der Waals surface area contributed by atoms with Crippen LogP contribution in [-0.2, 0) is 16.5 Å². The fraction of sp³-hybridized carbons (Fsp3) is 0.161. The van der Waals surface area contributed by atoms with Crippen LogP contribution in [0.15, 0.2) is 84.9 Å². The highest BCUT2D eigenvalue weighted by Crippen LogP contribution is 2.41. The molecule has 5 rings (SSSR count). The Balaban J connectivity index is 1.86. The molecule has 0 atom stereocenters. The minimum atomic E-state index is -0.538. The smallest absolute Gasteiger partial charge is 0.339 e. The van der Waals surface area contributed by atoms with Gasteiger partial charge >= 0.3 is 11.9 Å². The molecule has 0 bridgehead atoms. The number of rotatable bonds is 6. The quantitative estimate of drug-likeness (QED) is 0.247. The zero-order chi connectivity index (χ0) is 25.2. The summed E-state index contributed by atoms with van der Waals surface area (Å²) in [5.41, 5.74) is 4.78. The first-order chi connectivity index (χ1) is 17.5. The topological polar surface area (TPSA) is 57.5 Å². The summed E-state index contributed by atoms with van der Waals surface area (Å²) in [7, 11) is 2.07. The molecular formula is C31H27NO4. The van der Waals surface area contributed by atoms with Crippen molar-refractivity contribution in [3.8, 4) is 22.5 Å². The molecule has 36 heavy (non-hydrogen) atoms. The van der Waals surface area contributed by atoms with Crippen LogP contribution < -0.4 is 0 Å². The Morgan fingerprint density at radius 2 is 1.03 bits per heavy atom. The van der Waals surface area contributed by atoms with E-state index in [1.54, 1.807) is 26.0 Å². The summed E-state index contributed by atoms with van der Waals surface area (Å²) in [5, 5.41) is 3.82. The van der Waals surface area contributed by atoms with Crippen LogP contribution in [0, 0.1) is 0 Å². The molecule has 0 unspecified atom stereocenters. The van der Waals surface area contributed by atoms with E-state index < -0.39 is 11.9 Å². The molecule has 5 nitrogen and oxygen atoms in total. The minimum absolute atomic E-state index is 0.211. The Bertz CT molecular complexity index is 1470. The summed E-state index contributed by atoms with van der Waals surface area (Å²) < 4.78 is 12.7. The summed E-state index contributed by atoms with van der Waals surface area (Å²) in [5.74, 6) is -1.08. The van der Waals surface area contributed by atoms with Crippen LogP contribution in [0.2, 0.25) is 0 Å². The largest absolute Gasteiger partial charge is 0.462 e. The molecule has 1 heterocycles. The zero-order valence-corrected chi connectivity index (χ0v) is 20.6. The maximum atomic E-state index is 12.8. The van der Waals surface area contributed by atoms with E-state index in [2.05, 4.69) is 48.0 Å². The number of hydrogen-bond donors (Lipinski definition) is 0. The molecule has 0 spiro atoms. The highest BCUT2D eigenvalue weighted by atomic mass is 16.5. The first kappa shape index (κ1) is 23.4. The Labute approximate surface area is 209 Å². The van der Waals surface area contributed by atoms with Gasteiger partial charge in [0, 0.05) is 17.8 Å². The number of hydrogen-bond acceptors (Lipinski definition) is 4. The van der Waals surface area contributed by atoms with E-state index in [0.717, 1.165) is 44.1 Å². The molecule has 0 fully saturated rings. The summed E-state index contributed by atoms with van der Waals surface area (Å²) in [6, 6.07) is 28.2. The number of benzene rings is 4. The molecule has 0 aliphatic heterocycles. The molecular weight excluding hydrogens is 450 g/mol. The van der Waals surface area contributed by atoms with Gasteiger partial charge in [-0.05, 0) is 60.0 Å². The maximum absolute atomic E-state index is 12.8. The van der Waals surface area contributed by atoms with Crippen molar-refractivity contribution >= 4 is 33.5 Å². The van der Waals surface area contributed by atoms with Crippen molar-refractivity contribution in [2.75, 3.05) is 13.2 Å². The van der Waals surface area contributed by atoms with E-state index in [9.17, 15) is 9.59 Å². The molecule has 0 saturated heterocycles. The Hall–Kier alpha value is -4.38. The SMILES string of the molecule is CCOC(=O)c1cc2cc3c(-c4ccccc4)n(C)c(-c4ccccc4)c3cc2cc1C(=O)OCC. The second-order valence-corrected chi connectivity index (χ2v) is 8.57. The van der Waals surface area contributed by atoms with Crippen molar-refractivity contribution in [1.29, 1.82) is 0 Å². The zero-order valence-electron chi connectivity index (χ0n) is 20.6. The second kappa shape index (κ2) is 9.70. The van der Waals surface area contributed by atoms with Gasteiger partial charge in [-0.25, -0.2) is 9.59 Å². The predicted octanol–water partition coefficient (Wildman–Crippen LogP) is 7.02. The van der Waals surface area contributed by atoms with Crippen LogP contribution in [-0.4, -0.2) is 29.7 Å². The number of aromatic nitrogens is 1. The Morgan fingerprint density at radius 3 is 1.39 bits per heavy atom. The van der Waals surface area contributed by atoms with Crippen LogP contribution in [0.25, 0.3) is 44.1 Å². The van der Waals surface area contributed by atoms with Gasteiger partial charge in [-0.15, -0.1) is 0 Å². The van der Waals surface area contributed by atoms with Gasteiger partial charge in [-0.3, -0.25) is 0 Å². The molecule has 0 saturated carbocycles. The molecule has 0 N–H and O–H groups in total. The van der Waals surface area contributed by atoms with Gasteiger partial charge in [0.1, 0.15) is 0 Å². The average Bonchev–Trinajstić information content (AvgIpc) is 3.18. The van der Waals surface area contributed by atoms with E-state index in [1.165, 1.54) is 0 Å². The van der Waals surface area contributed by atoms with Crippen LogP contribution in [0.5, 0.6) is 0 Å². The number of carbonyl (C=O) groups is 2. The first-order valence-corrected chi connectivity index (χ1v) is 12.1. The van der Waals surface area contributed by atoms with Gasteiger partial charge in [0.05, 0.1) is 35.7 Å². The third kappa shape index (κ3) is 4.03. The molecule has 0 amide bonds.